The largest absolute Gasteiger partial charge is 0.426 e. The SMILES string of the molecule is Cc1ccc(CC(=O)Oc2ccc3c(c2)C(C)(C)c2cc(C)ccc2-3)cc1. The summed E-state index contributed by atoms with van der Waals surface area (Å²) in [6.45, 7) is 8.62. The molecule has 3 aromatic carbocycles. The van der Waals surface area contributed by atoms with Crippen LogP contribution in [0.4, 0.5) is 0 Å². The van der Waals surface area contributed by atoms with Gasteiger partial charge in [-0.2, -0.15) is 0 Å². The standard InChI is InChI=1S/C25H24O2/c1-16-5-8-18(9-6-16)14-24(26)27-19-10-12-21-20-11-7-17(2)13-22(20)25(3,4)23(21)15-19/h5-13,15H,14H2,1-4H3. The minimum Gasteiger partial charge on any atom is -0.426 e. The average Bonchev–Trinajstić information content (AvgIpc) is 2.84. The van der Waals surface area contributed by atoms with Crippen molar-refractivity contribution in [2.24, 2.45) is 0 Å². The highest BCUT2D eigenvalue weighted by molar-refractivity contribution is 5.82. The summed E-state index contributed by atoms with van der Waals surface area (Å²) in [7, 11) is 0. The Hall–Kier alpha value is -2.87. The normalized spacial score (nSPS) is 13.8. The minimum atomic E-state index is -0.233. The van der Waals surface area contributed by atoms with Crippen LogP contribution in [0, 0.1) is 13.8 Å². The van der Waals surface area contributed by atoms with Crippen LogP contribution in [0.3, 0.4) is 0 Å². The van der Waals surface area contributed by atoms with E-state index in [1.165, 1.54) is 33.4 Å². The van der Waals surface area contributed by atoms with Gasteiger partial charge in [0.15, 0.2) is 0 Å². The lowest BCUT2D eigenvalue weighted by atomic mass is 9.82. The molecule has 1 aliphatic rings. The van der Waals surface area contributed by atoms with Crippen LogP contribution in [-0.4, -0.2) is 5.97 Å². The molecule has 0 bridgehead atoms. The number of esters is 1. The maximum absolute atomic E-state index is 12.4. The highest BCUT2D eigenvalue weighted by Gasteiger charge is 2.35. The highest BCUT2D eigenvalue weighted by Crippen LogP contribution is 2.49. The maximum atomic E-state index is 12.4. The molecule has 2 nitrogen and oxygen atoms in total. The lowest BCUT2D eigenvalue weighted by Crippen LogP contribution is -2.16. The number of carbonyl (C=O) groups excluding carboxylic acids is 1. The number of fused-ring (bicyclic) bond motifs is 3. The fraction of sp³-hybridized carbons (Fsp3) is 0.240. The number of carbonyl (C=O) groups is 1. The van der Waals surface area contributed by atoms with Gasteiger partial charge in [-0.3, -0.25) is 4.79 Å². The van der Waals surface area contributed by atoms with Crippen molar-refractivity contribution < 1.29 is 9.53 Å². The van der Waals surface area contributed by atoms with E-state index in [4.69, 9.17) is 4.74 Å². The first-order chi connectivity index (χ1) is 12.8. The van der Waals surface area contributed by atoms with E-state index in [0.717, 1.165) is 5.56 Å². The van der Waals surface area contributed by atoms with Gasteiger partial charge in [-0.15, -0.1) is 0 Å². The quantitative estimate of drug-likeness (QED) is 0.441. The first kappa shape index (κ1) is 17.5. The van der Waals surface area contributed by atoms with Gasteiger partial charge in [0.05, 0.1) is 6.42 Å². The van der Waals surface area contributed by atoms with Crippen molar-refractivity contribution in [3.8, 4) is 16.9 Å². The molecule has 0 fully saturated rings. The van der Waals surface area contributed by atoms with Gasteiger partial charge in [0.2, 0.25) is 0 Å². The van der Waals surface area contributed by atoms with E-state index in [1.54, 1.807) is 0 Å². The van der Waals surface area contributed by atoms with Gasteiger partial charge < -0.3 is 4.74 Å². The summed E-state index contributed by atoms with van der Waals surface area (Å²) in [5, 5.41) is 0. The molecule has 3 aromatic rings. The number of aryl methyl sites for hydroxylation is 2. The van der Waals surface area contributed by atoms with E-state index in [9.17, 15) is 4.79 Å². The zero-order valence-corrected chi connectivity index (χ0v) is 16.3. The molecule has 1 aliphatic carbocycles. The smallest absolute Gasteiger partial charge is 0.315 e. The molecule has 0 saturated carbocycles. The molecule has 0 spiro atoms. The van der Waals surface area contributed by atoms with Crippen molar-refractivity contribution in [3.05, 3.63) is 88.5 Å². The molecule has 27 heavy (non-hydrogen) atoms. The van der Waals surface area contributed by atoms with Crippen LogP contribution in [0.2, 0.25) is 0 Å². The van der Waals surface area contributed by atoms with Crippen molar-refractivity contribution in [2.75, 3.05) is 0 Å². The topological polar surface area (TPSA) is 26.3 Å². The van der Waals surface area contributed by atoms with Crippen LogP contribution in [0.25, 0.3) is 11.1 Å². The summed E-state index contributed by atoms with van der Waals surface area (Å²) >= 11 is 0. The Morgan fingerprint density at radius 1 is 0.815 bits per heavy atom. The Morgan fingerprint density at radius 3 is 2.11 bits per heavy atom. The highest BCUT2D eigenvalue weighted by atomic mass is 16.5. The maximum Gasteiger partial charge on any atom is 0.315 e. The van der Waals surface area contributed by atoms with Gasteiger partial charge in [0.1, 0.15) is 5.75 Å². The average molecular weight is 356 g/mol. The van der Waals surface area contributed by atoms with Crippen LogP contribution in [0.5, 0.6) is 5.75 Å². The third kappa shape index (κ3) is 3.16. The molecule has 0 amide bonds. The Labute approximate surface area is 160 Å². The van der Waals surface area contributed by atoms with Crippen LogP contribution in [-0.2, 0) is 16.6 Å². The van der Waals surface area contributed by atoms with E-state index >= 15 is 0 Å². The second kappa shape index (κ2) is 6.38. The van der Waals surface area contributed by atoms with Crippen molar-refractivity contribution in [1.29, 1.82) is 0 Å². The summed E-state index contributed by atoms with van der Waals surface area (Å²) in [6, 6.07) is 20.6. The monoisotopic (exact) mass is 356 g/mol. The number of hydrogen-bond donors (Lipinski definition) is 0. The van der Waals surface area contributed by atoms with Crippen molar-refractivity contribution in [1.82, 2.24) is 0 Å². The van der Waals surface area contributed by atoms with Gasteiger partial charge in [-0.05, 0) is 53.8 Å². The predicted molar refractivity (Wildman–Crippen MR) is 109 cm³/mol. The van der Waals surface area contributed by atoms with Crippen molar-refractivity contribution in [2.45, 2.75) is 39.5 Å². The Kier molecular flexibility index (Phi) is 4.15. The molecular weight excluding hydrogens is 332 g/mol. The van der Waals surface area contributed by atoms with Crippen molar-refractivity contribution in [3.63, 3.8) is 0 Å². The Morgan fingerprint density at radius 2 is 1.41 bits per heavy atom. The Bertz CT molecular complexity index is 1030. The fourth-order valence-corrected chi connectivity index (χ4v) is 3.93. The molecular formula is C25H24O2. The van der Waals surface area contributed by atoms with E-state index < -0.39 is 0 Å². The van der Waals surface area contributed by atoms with Gasteiger partial charge in [0.25, 0.3) is 0 Å². The molecule has 0 saturated heterocycles. The van der Waals surface area contributed by atoms with Crippen molar-refractivity contribution >= 4 is 5.97 Å². The first-order valence-electron chi connectivity index (χ1n) is 9.37. The third-order valence-corrected chi connectivity index (χ3v) is 5.50. The Balaban J connectivity index is 1.59. The van der Waals surface area contributed by atoms with E-state index in [0.29, 0.717) is 5.75 Å². The molecule has 2 heteroatoms. The molecule has 0 heterocycles. The minimum absolute atomic E-state index is 0.101. The van der Waals surface area contributed by atoms with Gasteiger partial charge in [-0.25, -0.2) is 0 Å². The molecule has 136 valence electrons. The van der Waals surface area contributed by atoms with Gasteiger partial charge in [0, 0.05) is 5.41 Å². The zero-order valence-electron chi connectivity index (χ0n) is 16.3. The van der Waals surface area contributed by atoms with Crippen LogP contribution < -0.4 is 4.74 Å². The number of benzene rings is 3. The second-order valence-corrected chi connectivity index (χ2v) is 8.02. The van der Waals surface area contributed by atoms with Gasteiger partial charge in [-0.1, -0.05) is 73.5 Å². The van der Waals surface area contributed by atoms with E-state index in [2.05, 4.69) is 45.0 Å². The van der Waals surface area contributed by atoms with E-state index in [-0.39, 0.29) is 17.8 Å². The summed E-state index contributed by atoms with van der Waals surface area (Å²) in [5.74, 6) is 0.381. The first-order valence-corrected chi connectivity index (χ1v) is 9.37. The summed E-state index contributed by atoms with van der Waals surface area (Å²) in [4.78, 5) is 12.4. The lowest BCUT2D eigenvalue weighted by Gasteiger charge is -2.22. The zero-order chi connectivity index (χ0) is 19.2. The van der Waals surface area contributed by atoms with Crippen LogP contribution in [0.15, 0.2) is 60.7 Å². The van der Waals surface area contributed by atoms with E-state index in [1.807, 2.05) is 43.3 Å². The lowest BCUT2D eigenvalue weighted by molar-refractivity contribution is -0.133. The molecule has 4 rings (SSSR count). The number of ether oxygens (including phenoxy) is 1. The fourth-order valence-electron chi connectivity index (χ4n) is 3.93. The summed E-state index contributed by atoms with van der Waals surface area (Å²) < 4.78 is 5.65. The summed E-state index contributed by atoms with van der Waals surface area (Å²) in [5.41, 5.74) is 8.36. The second-order valence-electron chi connectivity index (χ2n) is 8.02. The van der Waals surface area contributed by atoms with Crippen LogP contribution in [0.1, 0.15) is 41.7 Å². The molecule has 0 atom stereocenters. The third-order valence-electron chi connectivity index (χ3n) is 5.50. The molecule has 0 N–H and O–H groups in total. The van der Waals surface area contributed by atoms with Crippen LogP contribution >= 0.6 is 0 Å². The molecule has 0 unspecified atom stereocenters. The predicted octanol–water partition coefficient (Wildman–Crippen LogP) is 5.76. The number of rotatable bonds is 3. The molecule has 0 aliphatic heterocycles. The van der Waals surface area contributed by atoms with Gasteiger partial charge >= 0.3 is 5.97 Å². The summed E-state index contributed by atoms with van der Waals surface area (Å²) in [6.07, 6.45) is 0.278. The molecule has 0 aromatic heterocycles. The number of hydrogen-bond acceptors (Lipinski definition) is 2. The molecule has 0 radical (unpaired) electrons.